The summed E-state index contributed by atoms with van der Waals surface area (Å²) in [5.74, 6) is 1.54. The van der Waals surface area contributed by atoms with Crippen LogP contribution in [0.4, 0.5) is 0 Å². The maximum Gasteiger partial charge on any atom is 0.182 e. The minimum Gasteiger partial charge on any atom is -0.483 e. The van der Waals surface area contributed by atoms with Crippen molar-refractivity contribution in [1.82, 2.24) is 0 Å². The summed E-state index contributed by atoms with van der Waals surface area (Å²) in [5, 5.41) is 0. The van der Waals surface area contributed by atoms with Gasteiger partial charge < -0.3 is 4.74 Å². The molecule has 0 radical (unpaired) electrons. The summed E-state index contributed by atoms with van der Waals surface area (Å²) in [6.45, 7) is 2.24. The molecular weight excluding hydrogens is 423 g/mol. The lowest BCUT2D eigenvalue weighted by molar-refractivity contribution is -0.133. The average Bonchev–Trinajstić information content (AvgIpc) is 3.04. The lowest BCUT2D eigenvalue weighted by Crippen LogP contribution is -2.40. The van der Waals surface area contributed by atoms with Gasteiger partial charge in [0.2, 0.25) is 0 Å². The van der Waals surface area contributed by atoms with Gasteiger partial charge in [0.1, 0.15) is 11.9 Å². The second-order valence-corrected chi connectivity index (χ2v) is 8.33. The Kier molecular flexibility index (Phi) is 4.44. The second kappa shape index (κ2) is 6.60. The zero-order valence-electron chi connectivity index (χ0n) is 14.2. The fourth-order valence-electron chi connectivity index (χ4n) is 4.30. The Bertz CT molecular complexity index is 812. The SMILES string of the molecule is CC1CCC2(C1)C(=O)C(I)=C(c1ccccc1)O[C@@H]2c1ccccc1. The van der Waals surface area contributed by atoms with Crippen LogP contribution in [0.25, 0.3) is 5.76 Å². The number of carbonyl (C=O) groups is 1. The molecule has 1 aliphatic carbocycles. The van der Waals surface area contributed by atoms with Gasteiger partial charge in [0, 0.05) is 5.56 Å². The van der Waals surface area contributed by atoms with Gasteiger partial charge in [-0.1, -0.05) is 67.6 Å². The number of hydrogen-bond donors (Lipinski definition) is 0. The third-order valence-electron chi connectivity index (χ3n) is 5.52. The first-order valence-electron chi connectivity index (χ1n) is 8.83. The van der Waals surface area contributed by atoms with E-state index < -0.39 is 5.41 Å². The van der Waals surface area contributed by atoms with Crippen LogP contribution in [0.3, 0.4) is 0 Å². The minimum atomic E-state index is -0.421. The van der Waals surface area contributed by atoms with Gasteiger partial charge in [0.05, 0.1) is 8.99 Å². The van der Waals surface area contributed by atoms with E-state index in [4.69, 9.17) is 4.74 Å². The highest BCUT2D eigenvalue weighted by atomic mass is 127. The predicted octanol–water partition coefficient (Wildman–Crippen LogP) is 5.94. The summed E-state index contributed by atoms with van der Waals surface area (Å²) in [4.78, 5) is 13.5. The van der Waals surface area contributed by atoms with E-state index in [9.17, 15) is 4.79 Å². The van der Waals surface area contributed by atoms with Crippen molar-refractivity contribution < 1.29 is 9.53 Å². The van der Waals surface area contributed by atoms with E-state index in [1.165, 1.54) is 0 Å². The number of ether oxygens (including phenoxy) is 1. The number of Topliss-reactive ketones (excluding diaryl/α,β-unsaturated/α-hetero) is 1. The molecule has 0 bridgehead atoms. The van der Waals surface area contributed by atoms with Crippen molar-refractivity contribution in [3.8, 4) is 0 Å². The molecule has 128 valence electrons. The maximum absolute atomic E-state index is 13.5. The summed E-state index contributed by atoms with van der Waals surface area (Å²) >= 11 is 2.19. The lowest BCUT2D eigenvalue weighted by atomic mass is 9.71. The zero-order valence-corrected chi connectivity index (χ0v) is 16.4. The number of halogens is 1. The van der Waals surface area contributed by atoms with Gasteiger partial charge in [-0.3, -0.25) is 4.79 Å². The number of carbonyl (C=O) groups excluding carboxylic acids is 1. The van der Waals surface area contributed by atoms with Gasteiger partial charge in [0.15, 0.2) is 5.78 Å². The molecular formula is C22H21IO2. The highest BCUT2D eigenvalue weighted by Crippen LogP contribution is 2.58. The van der Waals surface area contributed by atoms with Crippen molar-refractivity contribution >= 4 is 34.1 Å². The minimum absolute atomic E-state index is 0.208. The molecule has 2 aromatic carbocycles. The van der Waals surface area contributed by atoms with Crippen molar-refractivity contribution in [2.24, 2.45) is 11.3 Å². The zero-order chi connectivity index (χ0) is 17.4. The van der Waals surface area contributed by atoms with Crippen LogP contribution in [0.15, 0.2) is 64.2 Å². The first-order chi connectivity index (χ1) is 12.1. The van der Waals surface area contributed by atoms with Crippen LogP contribution in [0.1, 0.15) is 43.4 Å². The highest BCUT2D eigenvalue weighted by Gasteiger charge is 2.55. The van der Waals surface area contributed by atoms with Crippen LogP contribution < -0.4 is 0 Å². The van der Waals surface area contributed by atoms with E-state index in [1.807, 2.05) is 48.5 Å². The molecule has 2 aliphatic rings. The van der Waals surface area contributed by atoms with E-state index in [0.29, 0.717) is 5.92 Å². The van der Waals surface area contributed by atoms with Gasteiger partial charge >= 0.3 is 0 Å². The van der Waals surface area contributed by atoms with E-state index in [0.717, 1.165) is 39.7 Å². The van der Waals surface area contributed by atoms with E-state index in [2.05, 4.69) is 41.6 Å². The summed E-state index contributed by atoms with van der Waals surface area (Å²) in [6.07, 6.45) is 2.68. The predicted molar refractivity (Wildman–Crippen MR) is 108 cm³/mol. The Labute approximate surface area is 162 Å². The van der Waals surface area contributed by atoms with Gasteiger partial charge in [0.25, 0.3) is 0 Å². The molecule has 4 rings (SSSR count). The molecule has 1 fully saturated rings. The van der Waals surface area contributed by atoms with E-state index in [1.54, 1.807) is 0 Å². The number of benzene rings is 2. The van der Waals surface area contributed by atoms with Gasteiger partial charge in [-0.15, -0.1) is 0 Å². The van der Waals surface area contributed by atoms with Gasteiger partial charge in [-0.2, -0.15) is 0 Å². The summed E-state index contributed by atoms with van der Waals surface area (Å²) in [5.41, 5.74) is 1.65. The Hall–Kier alpha value is -1.62. The molecule has 1 heterocycles. The Morgan fingerprint density at radius 3 is 2.28 bits per heavy atom. The Morgan fingerprint density at radius 2 is 1.68 bits per heavy atom. The van der Waals surface area contributed by atoms with Crippen molar-refractivity contribution in [2.75, 3.05) is 0 Å². The summed E-state index contributed by atoms with van der Waals surface area (Å²) < 4.78 is 7.32. The Morgan fingerprint density at radius 1 is 1.04 bits per heavy atom. The average molecular weight is 444 g/mol. The molecule has 2 aromatic rings. The molecule has 0 amide bonds. The molecule has 0 N–H and O–H groups in total. The van der Waals surface area contributed by atoms with E-state index in [-0.39, 0.29) is 11.9 Å². The maximum atomic E-state index is 13.5. The number of hydrogen-bond acceptors (Lipinski definition) is 2. The molecule has 1 spiro atoms. The smallest absolute Gasteiger partial charge is 0.182 e. The monoisotopic (exact) mass is 444 g/mol. The van der Waals surface area contributed by atoms with Crippen molar-refractivity contribution in [2.45, 2.75) is 32.3 Å². The number of allylic oxidation sites excluding steroid dienone is 1. The van der Waals surface area contributed by atoms with Crippen molar-refractivity contribution in [3.63, 3.8) is 0 Å². The molecule has 25 heavy (non-hydrogen) atoms. The lowest BCUT2D eigenvalue weighted by Gasteiger charge is -2.41. The first kappa shape index (κ1) is 16.8. The summed E-state index contributed by atoms with van der Waals surface area (Å²) in [7, 11) is 0. The van der Waals surface area contributed by atoms with E-state index >= 15 is 0 Å². The third-order valence-corrected chi connectivity index (χ3v) is 6.50. The standard InChI is InChI=1S/C22H21IO2/c1-15-12-13-22(14-15)20(24)18(23)19(16-8-4-2-5-9-16)25-21(22)17-10-6-3-7-11-17/h2-11,15,21H,12-14H2,1H3/t15?,21-,22?/m1/s1. The fraction of sp³-hybridized carbons (Fsp3) is 0.318. The molecule has 1 aliphatic heterocycles. The topological polar surface area (TPSA) is 26.3 Å². The highest BCUT2D eigenvalue weighted by molar-refractivity contribution is 14.1. The van der Waals surface area contributed by atoms with Crippen LogP contribution in [0.5, 0.6) is 0 Å². The number of rotatable bonds is 2. The molecule has 1 saturated carbocycles. The normalized spacial score (nSPS) is 29.1. The molecule has 2 nitrogen and oxygen atoms in total. The number of ketones is 1. The molecule has 3 heteroatoms. The quantitative estimate of drug-likeness (QED) is 0.537. The second-order valence-electron chi connectivity index (χ2n) is 7.25. The van der Waals surface area contributed by atoms with Crippen LogP contribution >= 0.6 is 22.6 Å². The van der Waals surface area contributed by atoms with Crippen molar-refractivity contribution in [3.05, 3.63) is 75.4 Å². The molecule has 0 aromatic heterocycles. The summed E-state index contributed by atoms with van der Waals surface area (Å²) in [6, 6.07) is 20.2. The first-order valence-corrected chi connectivity index (χ1v) is 9.91. The van der Waals surface area contributed by atoms with Crippen LogP contribution in [0.2, 0.25) is 0 Å². The largest absolute Gasteiger partial charge is 0.483 e. The fourth-order valence-corrected chi connectivity index (χ4v) is 5.27. The van der Waals surface area contributed by atoms with Crippen LogP contribution in [-0.4, -0.2) is 5.78 Å². The van der Waals surface area contributed by atoms with Gasteiger partial charge in [-0.25, -0.2) is 0 Å². The van der Waals surface area contributed by atoms with Crippen molar-refractivity contribution in [1.29, 1.82) is 0 Å². The molecule has 0 saturated heterocycles. The third kappa shape index (κ3) is 2.82. The molecule has 3 atom stereocenters. The van der Waals surface area contributed by atoms with Crippen LogP contribution in [-0.2, 0) is 9.53 Å². The van der Waals surface area contributed by atoms with Crippen LogP contribution in [0, 0.1) is 11.3 Å². The van der Waals surface area contributed by atoms with Gasteiger partial charge in [-0.05, 0) is 53.3 Å². The Balaban J connectivity index is 1.85. The molecule has 2 unspecified atom stereocenters.